The highest BCUT2D eigenvalue weighted by Gasteiger charge is 2.39. The van der Waals surface area contributed by atoms with Gasteiger partial charge in [0.2, 0.25) is 0 Å². The number of carbonyl (C=O) groups excluding carboxylic acids is 1. The van der Waals surface area contributed by atoms with E-state index in [0.717, 1.165) is 11.1 Å². The fourth-order valence-corrected chi connectivity index (χ4v) is 4.28. The second kappa shape index (κ2) is 13.5. The molecule has 2 aromatic rings. The smallest absolute Gasteiger partial charge is 0.380 e. The number of halogens is 3. The van der Waals surface area contributed by atoms with Crippen LogP contribution in [0.4, 0.5) is 13.2 Å². The van der Waals surface area contributed by atoms with Crippen molar-refractivity contribution in [1.29, 1.82) is 0 Å². The van der Waals surface area contributed by atoms with Crippen molar-refractivity contribution in [3.8, 4) is 0 Å². The molecule has 11 heteroatoms. The first-order valence-electron chi connectivity index (χ1n) is 11.7. The summed E-state index contributed by atoms with van der Waals surface area (Å²) in [6, 6.07) is 18.4. The number of ether oxygens (including phenoxy) is 1. The molecule has 0 atom stereocenters. The molecule has 0 aliphatic carbocycles. The Hall–Kier alpha value is -2.23. The van der Waals surface area contributed by atoms with Gasteiger partial charge in [0, 0.05) is 17.4 Å². The van der Waals surface area contributed by atoms with Gasteiger partial charge in [0.05, 0.1) is 33.0 Å². The molecule has 0 saturated heterocycles. The fraction of sp³-hybridized carbons (Fsp3) is 0.500. The molecule has 2 aromatic carbocycles. The summed E-state index contributed by atoms with van der Waals surface area (Å²) in [5.41, 5.74) is 0.229. The Morgan fingerprint density at radius 2 is 1.22 bits per heavy atom. The Labute approximate surface area is 216 Å². The number of alkyl halides is 3. The van der Waals surface area contributed by atoms with Crippen molar-refractivity contribution < 1.29 is 40.8 Å². The Morgan fingerprint density at radius 1 is 0.757 bits per heavy atom. The summed E-state index contributed by atoms with van der Waals surface area (Å²) in [6.45, 7) is 7.06. The molecule has 0 radical (unpaired) electrons. The van der Waals surface area contributed by atoms with E-state index in [4.69, 9.17) is 18.3 Å². The molecular weight excluding hydrogens is 510 g/mol. The summed E-state index contributed by atoms with van der Waals surface area (Å²) in [6.07, 6.45) is -4.94. The van der Waals surface area contributed by atoms with Crippen molar-refractivity contribution in [2.45, 2.75) is 47.1 Å². The zero-order chi connectivity index (χ0) is 27.6. The standard InChI is InChI=1S/C26H35F3NO6P/c1-24(2,17-30-23(31)26(27,28)29)18-33-19-25(3,4)20-36-37(32,34-15-21-11-7-5-8-12-21)35-16-22-13-9-6-10-14-22/h5-14H,15-20H2,1-4H3,(H,30,31). The number of amides is 1. The van der Waals surface area contributed by atoms with Gasteiger partial charge < -0.3 is 10.1 Å². The van der Waals surface area contributed by atoms with Crippen LogP contribution in [0.5, 0.6) is 0 Å². The minimum absolute atomic E-state index is 0.0287. The predicted molar refractivity (Wildman–Crippen MR) is 133 cm³/mol. The van der Waals surface area contributed by atoms with Crippen molar-refractivity contribution in [1.82, 2.24) is 5.32 Å². The summed E-state index contributed by atoms with van der Waals surface area (Å²) in [5, 5.41) is 1.87. The molecule has 2 rings (SSSR count). The summed E-state index contributed by atoms with van der Waals surface area (Å²) in [7, 11) is -3.96. The lowest BCUT2D eigenvalue weighted by atomic mass is 9.93. The SMILES string of the molecule is CC(C)(CNC(=O)C(F)(F)F)COCC(C)(C)COP(=O)(OCc1ccccc1)OCc1ccccc1. The van der Waals surface area contributed by atoms with E-state index in [0.29, 0.717) is 0 Å². The highest BCUT2D eigenvalue weighted by Crippen LogP contribution is 2.52. The molecule has 0 aliphatic heterocycles. The van der Waals surface area contributed by atoms with Gasteiger partial charge in [-0.25, -0.2) is 4.57 Å². The third-order valence-corrected chi connectivity index (χ3v) is 6.38. The van der Waals surface area contributed by atoms with E-state index in [-0.39, 0.29) is 39.6 Å². The van der Waals surface area contributed by atoms with Crippen LogP contribution >= 0.6 is 7.82 Å². The number of hydrogen-bond donors (Lipinski definition) is 1. The minimum Gasteiger partial charge on any atom is -0.380 e. The van der Waals surface area contributed by atoms with E-state index < -0.39 is 30.7 Å². The molecule has 0 aromatic heterocycles. The first kappa shape index (κ1) is 31.0. The first-order valence-corrected chi connectivity index (χ1v) is 13.2. The third kappa shape index (κ3) is 12.2. The van der Waals surface area contributed by atoms with Crippen LogP contribution in [0.15, 0.2) is 60.7 Å². The summed E-state index contributed by atoms with van der Waals surface area (Å²) in [4.78, 5) is 11.1. The second-order valence-electron chi connectivity index (χ2n) is 10.2. The molecule has 0 spiro atoms. The topological polar surface area (TPSA) is 83.1 Å². The van der Waals surface area contributed by atoms with Crippen molar-refractivity contribution in [3.63, 3.8) is 0 Å². The fourth-order valence-electron chi connectivity index (χ4n) is 2.94. The van der Waals surface area contributed by atoms with E-state index in [9.17, 15) is 22.5 Å². The monoisotopic (exact) mass is 545 g/mol. The average Bonchev–Trinajstić information content (AvgIpc) is 2.84. The number of nitrogens with one attached hydrogen (secondary N) is 1. The normalized spacial score (nSPS) is 12.9. The maximum absolute atomic E-state index is 13.4. The zero-order valence-electron chi connectivity index (χ0n) is 21.5. The number of hydrogen-bond acceptors (Lipinski definition) is 6. The van der Waals surface area contributed by atoms with E-state index in [1.807, 2.05) is 79.8 Å². The molecule has 1 amide bonds. The Kier molecular flexibility index (Phi) is 11.3. The highest BCUT2D eigenvalue weighted by atomic mass is 31.2. The summed E-state index contributed by atoms with van der Waals surface area (Å²) in [5.74, 6) is -1.99. The average molecular weight is 546 g/mol. The minimum atomic E-state index is -4.94. The first-order chi connectivity index (χ1) is 17.2. The molecule has 0 aliphatic rings. The van der Waals surface area contributed by atoms with Gasteiger partial charge >= 0.3 is 19.9 Å². The molecule has 0 saturated carbocycles. The van der Waals surface area contributed by atoms with Crippen molar-refractivity contribution in [3.05, 3.63) is 71.8 Å². The predicted octanol–water partition coefficient (Wildman–Crippen LogP) is 6.29. The quantitative estimate of drug-likeness (QED) is 0.265. The van der Waals surface area contributed by atoms with Gasteiger partial charge in [0.25, 0.3) is 0 Å². The Morgan fingerprint density at radius 3 is 1.68 bits per heavy atom. The van der Waals surface area contributed by atoms with E-state index in [2.05, 4.69) is 0 Å². The molecule has 0 fully saturated rings. The molecule has 0 heterocycles. The molecule has 7 nitrogen and oxygen atoms in total. The van der Waals surface area contributed by atoms with Gasteiger partial charge in [-0.1, -0.05) is 88.4 Å². The summed E-state index contributed by atoms with van der Waals surface area (Å²) >= 11 is 0. The molecule has 1 N–H and O–H groups in total. The number of benzene rings is 2. The molecule has 0 bridgehead atoms. The van der Waals surface area contributed by atoms with Crippen LogP contribution in [0.1, 0.15) is 38.8 Å². The lowest BCUT2D eigenvalue weighted by Gasteiger charge is -2.30. The van der Waals surface area contributed by atoms with Gasteiger partial charge in [0.1, 0.15) is 0 Å². The lowest BCUT2D eigenvalue weighted by Crippen LogP contribution is -2.43. The van der Waals surface area contributed by atoms with Crippen LogP contribution in [0.2, 0.25) is 0 Å². The van der Waals surface area contributed by atoms with Crippen LogP contribution in [-0.2, 0) is 40.9 Å². The van der Waals surface area contributed by atoms with Crippen molar-refractivity contribution in [2.75, 3.05) is 26.4 Å². The highest BCUT2D eigenvalue weighted by molar-refractivity contribution is 7.48. The number of carbonyl (C=O) groups is 1. The maximum atomic E-state index is 13.4. The van der Waals surface area contributed by atoms with Crippen LogP contribution in [0.25, 0.3) is 0 Å². The van der Waals surface area contributed by atoms with E-state index >= 15 is 0 Å². The van der Waals surface area contributed by atoms with Crippen LogP contribution in [-0.4, -0.2) is 38.4 Å². The van der Waals surface area contributed by atoms with Gasteiger partial charge in [-0.15, -0.1) is 0 Å². The summed E-state index contributed by atoms with van der Waals surface area (Å²) < 4.78 is 73.3. The second-order valence-corrected chi connectivity index (χ2v) is 11.9. The van der Waals surface area contributed by atoms with Crippen molar-refractivity contribution >= 4 is 13.7 Å². The van der Waals surface area contributed by atoms with Crippen LogP contribution in [0, 0.1) is 10.8 Å². The lowest BCUT2D eigenvalue weighted by molar-refractivity contribution is -0.174. The third-order valence-electron chi connectivity index (χ3n) is 5.05. The Balaban J connectivity index is 1.91. The number of phosphoric acid groups is 1. The maximum Gasteiger partial charge on any atom is 0.475 e. The largest absolute Gasteiger partial charge is 0.475 e. The van der Waals surface area contributed by atoms with Gasteiger partial charge in [-0.05, 0) is 11.1 Å². The van der Waals surface area contributed by atoms with Gasteiger partial charge in [-0.2, -0.15) is 13.2 Å². The van der Waals surface area contributed by atoms with E-state index in [1.54, 1.807) is 13.8 Å². The van der Waals surface area contributed by atoms with Gasteiger partial charge in [-0.3, -0.25) is 18.4 Å². The van der Waals surface area contributed by atoms with Crippen LogP contribution in [0.3, 0.4) is 0 Å². The molecule has 37 heavy (non-hydrogen) atoms. The van der Waals surface area contributed by atoms with Crippen LogP contribution < -0.4 is 5.32 Å². The molecule has 206 valence electrons. The number of phosphoric ester groups is 1. The molecular formula is C26H35F3NO6P. The van der Waals surface area contributed by atoms with E-state index in [1.165, 1.54) is 0 Å². The molecule has 0 unspecified atom stereocenters. The van der Waals surface area contributed by atoms with Gasteiger partial charge in [0.15, 0.2) is 0 Å². The number of rotatable bonds is 15. The Bertz CT molecular complexity index is 968. The zero-order valence-corrected chi connectivity index (χ0v) is 22.4. The van der Waals surface area contributed by atoms with Crippen molar-refractivity contribution in [2.24, 2.45) is 10.8 Å².